The van der Waals surface area contributed by atoms with Gasteiger partial charge >= 0.3 is 5.97 Å². The van der Waals surface area contributed by atoms with Crippen LogP contribution in [0.4, 0.5) is 0 Å². The van der Waals surface area contributed by atoms with Gasteiger partial charge in [0.2, 0.25) is 0 Å². The molecule has 0 spiro atoms. The van der Waals surface area contributed by atoms with E-state index in [9.17, 15) is 4.79 Å². The van der Waals surface area contributed by atoms with Crippen molar-refractivity contribution >= 4 is 5.97 Å². The van der Waals surface area contributed by atoms with Gasteiger partial charge in [0.1, 0.15) is 0 Å². The summed E-state index contributed by atoms with van der Waals surface area (Å²) in [5.41, 5.74) is 0.220. The van der Waals surface area contributed by atoms with E-state index in [1.807, 2.05) is 0 Å². The van der Waals surface area contributed by atoms with Crippen LogP contribution in [-0.2, 0) is 9.53 Å². The molecule has 0 saturated carbocycles. The highest BCUT2D eigenvalue weighted by atomic mass is 16.5. The fourth-order valence-electron chi connectivity index (χ4n) is 1.42. The van der Waals surface area contributed by atoms with E-state index in [-0.39, 0.29) is 11.4 Å². The number of hydrogen-bond acceptors (Lipinski definition) is 2. The van der Waals surface area contributed by atoms with Crippen LogP contribution in [0.2, 0.25) is 0 Å². The Morgan fingerprint density at radius 3 is 2.56 bits per heavy atom. The topological polar surface area (TPSA) is 26.3 Å². The van der Waals surface area contributed by atoms with Gasteiger partial charge in [0.25, 0.3) is 0 Å². The maximum Gasteiger partial charge on any atom is 0.302 e. The van der Waals surface area contributed by atoms with Gasteiger partial charge in [-0.3, -0.25) is 4.79 Å². The Bertz CT molecular complexity index is 217. The molecule has 0 aliphatic rings. The summed E-state index contributed by atoms with van der Waals surface area (Å²) in [5.74, 6) is -0.186. The molecular weight excluding hydrogens is 200 g/mol. The Morgan fingerprint density at radius 2 is 2.00 bits per heavy atom. The Morgan fingerprint density at radius 1 is 1.31 bits per heavy atom. The third-order valence-electron chi connectivity index (χ3n) is 2.65. The van der Waals surface area contributed by atoms with Crippen LogP contribution < -0.4 is 0 Å². The lowest BCUT2D eigenvalue weighted by Crippen LogP contribution is -2.14. The van der Waals surface area contributed by atoms with E-state index in [1.54, 1.807) is 0 Å². The van der Waals surface area contributed by atoms with E-state index in [0.29, 0.717) is 6.61 Å². The molecule has 0 aliphatic heterocycles. The summed E-state index contributed by atoms with van der Waals surface area (Å²) >= 11 is 0. The highest BCUT2D eigenvalue weighted by Crippen LogP contribution is 2.25. The van der Waals surface area contributed by atoms with Crippen molar-refractivity contribution < 1.29 is 9.53 Å². The molecule has 0 N–H and O–H groups in total. The molecule has 0 aromatic carbocycles. The molecule has 0 rings (SSSR count). The third-order valence-corrected chi connectivity index (χ3v) is 2.65. The number of unbranched alkanes of at least 4 members (excludes halogenated alkanes) is 2. The van der Waals surface area contributed by atoms with Crippen molar-refractivity contribution in [1.82, 2.24) is 0 Å². The monoisotopic (exact) mass is 226 g/mol. The normalized spacial score (nSPS) is 12.0. The maximum absolute atomic E-state index is 10.6. The molecule has 0 aliphatic carbocycles. The number of carbonyl (C=O) groups is 1. The molecule has 16 heavy (non-hydrogen) atoms. The lowest BCUT2D eigenvalue weighted by molar-refractivity contribution is -0.141. The first-order chi connectivity index (χ1) is 7.48. The summed E-state index contributed by atoms with van der Waals surface area (Å²) < 4.78 is 4.96. The van der Waals surface area contributed by atoms with E-state index < -0.39 is 0 Å². The molecule has 0 atom stereocenters. The Kier molecular flexibility index (Phi) is 7.96. The molecule has 0 unspecified atom stereocenters. The van der Waals surface area contributed by atoms with E-state index in [1.165, 1.54) is 26.2 Å². The number of allylic oxidation sites excluding steroid dienone is 2. The smallest absolute Gasteiger partial charge is 0.302 e. The molecule has 2 nitrogen and oxygen atoms in total. The molecule has 0 saturated heterocycles. The zero-order chi connectivity index (χ0) is 12.4. The van der Waals surface area contributed by atoms with Gasteiger partial charge in [0, 0.05) is 6.92 Å². The van der Waals surface area contributed by atoms with Crippen molar-refractivity contribution in [1.29, 1.82) is 0 Å². The van der Waals surface area contributed by atoms with Crippen molar-refractivity contribution in [2.75, 3.05) is 6.61 Å². The zero-order valence-corrected chi connectivity index (χ0v) is 11.2. The fourth-order valence-corrected chi connectivity index (χ4v) is 1.42. The van der Waals surface area contributed by atoms with Gasteiger partial charge < -0.3 is 4.74 Å². The summed E-state index contributed by atoms with van der Waals surface area (Å²) in [4.78, 5) is 10.6. The average molecular weight is 226 g/mol. The summed E-state index contributed by atoms with van der Waals surface area (Å²) in [6.45, 7) is 8.61. The number of carbonyl (C=O) groups excluding carboxylic acids is 1. The second kappa shape index (κ2) is 8.37. The highest BCUT2D eigenvalue weighted by Gasteiger charge is 2.16. The predicted molar refractivity (Wildman–Crippen MR) is 68.3 cm³/mol. The summed E-state index contributed by atoms with van der Waals surface area (Å²) in [6, 6.07) is 0. The molecule has 0 bridgehead atoms. The van der Waals surface area contributed by atoms with Gasteiger partial charge in [0.05, 0.1) is 6.61 Å². The van der Waals surface area contributed by atoms with Crippen molar-refractivity contribution in [3.8, 4) is 0 Å². The first-order valence-electron chi connectivity index (χ1n) is 6.26. The standard InChI is InChI=1S/C14H26O2/c1-5-6-7-8-9-10-14(3,4)11-12-16-13(2)15/h8-9H,5-7,10-12H2,1-4H3/b9-8-. The van der Waals surface area contributed by atoms with Gasteiger partial charge in [-0.25, -0.2) is 0 Å². The van der Waals surface area contributed by atoms with Crippen LogP contribution in [0.5, 0.6) is 0 Å². The van der Waals surface area contributed by atoms with Crippen molar-refractivity contribution in [2.45, 2.75) is 59.8 Å². The van der Waals surface area contributed by atoms with Crippen LogP contribution in [-0.4, -0.2) is 12.6 Å². The van der Waals surface area contributed by atoms with Gasteiger partial charge in [0.15, 0.2) is 0 Å². The van der Waals surface area contributed by atoms with Gasteiger partial charge in [-0.15, -0.1) is 0 Å². The molecule has 0 fully saturated rings. The van der Waals surface area contributed by atoms with Crippen molar-refractivity contribution in [3.05, 3.63) is 12.2 Å². The SMILES string of the molecule is CCCC/C=C\CC(C)(C)CCOC(C)=O. The molecule has 94 valence electrons. The predicted octanol–water partition coefficient (Wildman–Crippen LogP) is 4.10. The molecule has 0 aromatic heterocycles. The lowest BCUT2D eigenvalue weighted by Gasteiger charge is -2.22. The van der Waals surface area contributed by atoms with Crippen molar-refractivity contribution in [2.24, 2.45) is 5.41 Å². The number of hydrogen-bond donors (Lipinski definition) is 0. The highest BCUT2D eigenvalue weighted by molar-refractivity contribution is 5.65. The van der Waals surface area contributed by atoms with Gasteiger partial charge in [-0.1, -0.05) is 45.8 Å². The van der Waals surface area contributed by atoms with E-state index in [2.05, 4.69) is 32.9 Å². The Labute approximate surface area is 100 Å². The first kappa shape index (κ1) is 15.2. The third kappa shape index (κ3) is 9.75. The van der Waals surface area contributed by atoms with E-state index in [0.717, 1.165) is 12.8 Å². The van der Waals surface area contributed by atoms with Crippen molar-refractivity contribution in [3.63, 3.8) is 0 Å². The zero-order valence-electron chi connectivity index (χ0n) is 11.2. The number of ether oxygens (including phenoxy) is 1. The van der Waals surface area contributed by atoms with Gasteiger partial charge in [-0.05, 0) is 24.7 Å². The van der Waals surface area contributed by atoms with Crippen LogP contribution in [0.3, 0.4) is 0 Å². The quantitative estimate of drug-likeness (QED) is 0.354. The minimum absolute atomic E-state index is 0.186. The van der Waals surface area contributed by atoms with Crippen LogP contribution in [0.25, 0.3) is 0 Å². The molecule has 0 radical (unpaired) electrons. The summed E-state index contributed by atoms with van der Waals surface area (Å²) in [7, 11) is 0. The summed E-state index contributed by atoms with van der Waals surface area (Å²) in [5, 5.41) is 0. The molecule has 2 heteroatoms. The van der Waals surface area contributed by atoms with Crippen LogP contribution >= 0.6 is 0 Å². The van der Waals surface area contributed by atoms with E-state index in [4.69, 9.17) is 4.74 Å². The first-order valence-corrected chi connectivity index (χ1v) is 6.26. The Balaban J connectivity index is 3.68. The van der Waals surface area contributed by atoms with Crippen LogP contribution in [0.1, 0.15) is 59.8 Å². The maximum atomic E-state index is 10.6. The van der Waals surface area contributed by atoms with E-state index >= 15 is 0 Å². The second-order valence-corrected chi connectivity index (χ2v) is 5.07. The largest absolute Gasteiger partial charge is 0.466 e. The fraction of sp³-hybridized carbons (Fsp3) is 0.786. The molecule has 0 aromatic rings. The molecule has 0 heterocycles. The number of esters is 1. The Hall–Kier alpha value is -0.790. The van der Waals surface area contributed by atoms with Gasteiger partial charge in [-0.2, -0.15) is 0 Å². The molecule has 0 amide bonds. The minimum Gasteiger partial charge on any atom is -0.466 e. The average Bonchev–Trinajstić information content (AvgIpc) is 2.16. The van der Waals surface area contributed by atoms with Crippen LogP contribution in [0, 0.1) is 5.41 Å². The second-order valence-electron chi connectivity index (χ2n) is 5.07. The number of rotatable bonds is 8. The summed E-state index contributed by atoms with van der Waals surface area (Å²) in [6.07, 6.45) is 10.2. The molecular formula is C14H26O2. The van der Waals surface area contributed by atoms with Crippen LogP contribution in [0.15, 0.2) is 12.2 Å². The minimum atomic E-state index is -0.186. The lowest BCUT2D eigenvalue weighted by atomic mass is 9.86.